The second-order valence-electron chi connectivity index (χ2n) is 12.1. The Balaban J connectivity index is 1.29. The van der Waals surface area contributed by atoms with Gasteiger partial charge in [-0.05, 0) is 13.0 Å². The molecule has 0 amide bonds. The zero-order valence-electron chi connectivity index (χ0n) is 24.4. The number of aliphatic hydroxyl groups is 2. The van der Waals surface area contributed by atoms with E-state index in [1.807, 2.05) is 0 Å². The Kier molecular flexibility index (Phi) is 7.33. The molecule has 0 bridgehead atoms. The molecule has 0 saturated carbocycles. The van der Waals surface area contributed by atoms with Crippen LogP contribution in [0.1, 0.15) is 68.8 Å². The van der Waals surface area contributed by atoms with Crippen LogP contribution in [0.5, 0.6) is 11.5 Å². The highest BCUT2D eigenvalue weighted by Crippen LogP contribution is 2.52. The number of phenolic OH excluding ortho intramolecular Hbond substituents is 2. The fourth-order valence-corrected chi connectivity index (χ4v) is 7.51. The lowest BCUT2D eigenvalue weighted by Gasteiger charge is -2.43. The van der Waals surface area contributed by atoms with E-state index in [2.05, 4.69) is 4.90 Å². The van der Waals surface area contributed by atoms with Crippen molar-refractivity contribution in [2.24, 2.45) is 0 Å². The Morgan fingerprint density at radius 2 is 1.89 bits per heavy atom. The lowest BCUT2D eigenvalue weighted by Crippen LogP contribution is -2.55. The van der Waals surface area contributed by atoms with Crippen LogP contribution in [0.2, 0.25) is 0 Å². The van der Waals surface area contributed by atoms with Crippen LogP contribution in [0.3, 0.4) is 0 Å². The minimum Gasteiger partial charge on any atom is -0.507 e. The number of morpholine rings is 1. The number of aliphatic hydroxyl groups excluding tert-OH is 1. The molecule has 4 N–H and O–H groups in total. The predicted octanol–water partition coefficient (Wildman–Crippen LogP) is 0.842. The van der Waals surface area contributed by atoms with Crippen LogP contribution in [-0.4, -0.2) is 112 Å². The number of benzene rings is 2. The lowest BCUT2D eigenvalue weighted by molar-refractivity contribution is -0.256. The van der Waals surface area contributed by atoms with Gasteiger partial charge in [-0.15, -0.1) is 0 Å². The van der Waals surface area contributed by atoms with Crippen LogP contribution in [0.15, 0.2) is 18.2 Å². The Morgan fingerprint density at radius 1 is 1.13 bits per heavy atom. The van der Waals surface area contributed by atoms with E-state index in [-0.39, 0.29) is 35.3 Å². The Morgan fingerprint density at radius 3 is 2.62 bits per heavy atom. The molecule has 0 spiro atoms. The summed E-state index contributed by atoms with van der Waals surface area (Å²) in [6, 6.07) is 3.27. The van der Waals surface area contributed by atoms with Gasteiger partial charge in [0.1, 0.15) is 35.6 Å². The van der Waals surface area contributed by atoms with E-state index in [4.69, 9.17) is 23.7 Å². The number of ketones is 3. The molecule has 8 atom stereocenters. The second kappa shape index (κ2) is 10.9. The number of rotatable bonds is 5. The van der Waals surface area contributed by atoms with E-state index in [1.165, 1.54) is 19.2 Å². The van der Waals surface area contributed by atoms with E-state index in [1.54, 1.807) is 6.92 Å². The molecular formula is C31H32FNO12. The van der Waals surface area contributed by atoms with Gasteiger partial charge in [0.2, 0.25) is 5.78 Å². The minimum atomic E-state index is -2.27. The molecular weight excluding hydrogens is 597 g/mol. The van der Waals surface area contributed by atoms with Gasteiger partial charge in [0.15, 0.2) is 30.4 Å². The molecule has 2 aliphatic carbocycles. The monoisotopic (exact) mass is 629 g/mol. The first kappa shape index (κ1) is 30.3. The number of fused-ring (bicyclic) bond motifs is 6. The minimum absolute atomic E-state index is 0.146. The number of methoxy groups -OCH3 is 1. The highest BCUT2D eigenvalue weighted by molar-refractivity contribution is 6.30. The standard InChI is InChI=1S/C31H32FNO12/c1-12-28-16(33-6-7-42-30(41-2)29(33)45-28)8-19(43-12)44-17-10-31(40,18(35)11-34)9-14-21(17)27(39)23-22(25(14)37)24(36)13-4-3-5-15(32)20(13)26(23)38/h3-5,12,16-17,19,28-30,34,37,39-40H,6-11H2,1-2H3/t12-,16-,17-,19-,28+,29+,30-,31-/m0/s1. The number of nitrogens with zero attached hydrogens (tertiary/aromatic N) is 1. The molecule has 3 aliphatic heterocycles. The topological polar surface area (TPSA) is 182 Å². The van der Waals surface area contributed by atoms with Gasteiger partial charge in [-0.3, -0.25) is 19.3 Å². The smallest absolute Gasteiger partial charge is 0.201 e. The summed E-state index contributed by atoms with van der Waals surface area (Å²) < 4.78 is 44.6. The summed E-state index contributed by atoms with van der Waals surface area (Å²) in [5.74, 6) is -5.38. The summed E-state index contributed by atoms with van der Waals surface area (Å²) in [5.41, 5.74) is -4.66. The second-order valence-corrected chi connectivity index (χ2v) is 12.1. The van der Waals surface area contributed by atoms with Crippen LogP contribution < -0.4 is 0 Å². The summed E-state index contributed by atoms with van der Waals surface area (Å²) in [6.07, 6.45) is -5.11. The number of phenols is 2. The number of Topliss-reactive ketones (excluding diaryl/α,β-unsaturated/α-hetero) is 1. The summed E-state index contributed by atoms with van der Waals surface area (Å²) in [4.78, 5) is 41.9. The Bertz CT molecular complexity index is 1610. The molecule has 0 radical (unpaired) electrons. The molecule has 13 nitrogen and oxygen atoms in total. The van der Waals surface area contributed by atoms with Crippen molar-refractivity contribution < 1.29 is 62.9 Å². The molecule has 240 valence electrons. The fraction of sp³-hybridized carbons (Fsp3) is 0.516. The van der Waals surface area contributed by atoms with Gasteiger partial charge >= 0.3 is 0 Å². The highest BCUT2D eigenvalue weighted by atomic mass is 19.1. The molecule has 14 heteroatoms. The molecule has 7 rings (SSSR count). The van der Waals surface area contributed by atoms with Crippen molar-refractivity contribution in [3.05, 3.63) is 57.4 Å². The van der Waals surface area contributed by atoms with Crippen LogP contribution >= 0.6 is 0 Å². The molecule has 5 aliphatic rings. The van der Waals surface area contributed by atoms with Crippen LogP contribution in [0.25, 0.3) is 0 Å². The van der Waals surface area contributed by atoms with Crippen molar-refractivity contribution in [3.63, 3.8) is 0 Å². The fourth-order valence-electron chi connectivity index (χ4n) is 7.51. The SMILES string of the molecule is CO[C@H]1OCCN2[C@@H]1O[C@@H]1[C@H](C)O[C@@H](O[C@H]3C[C@](O)(C(=O)CO)Cc4c(O)c5c(c(O)c43)C(=O)c3c(F)cccc3C5=O)C[C@@H]12. The summed E-state index contributed by atoms with van der Waals surface area (Å²) in [7, 11) is 1.52. The number of hydrogen-bond acceptors (Lipinski definition) is 13. The van der Waals surface area contributed by atoms with Gasteiger partial charge in [-0.2, -0.15) is 0 Å². The quantitative estimate of drug-likeness (QED) is 0.292. The first-order chi connectivity index (χ1) is 21.5. The third-order valence-electron chi connectivity index (χ3n) is 9.61. The predicted molar refractivity (Wildman–Crippen MR) is 147 cm³/mol. The van der Waals surface area contributed by atoms with Crippen LogP contribution in [0.4, 0.5) is 4.39 Å². The Labute approximate surface area is 256 Å². The third kappa shape index (κ3) is 4.47. The van der Waals surface area contributed by atoms with Gasteiger partial charge in [0.25, 0.3) is 0 Å². The first-order valence-electron chi connectivity index (χ1n) is 14.7. The van der Waals surface area contributed by atoms with E-state index in [0.29, 0.717) is 13.2 Å². The molecule has 2 aromatic carbocycles. The zero-order valence-corrected chi connectivity index (χ0v) is 24.4. The molecule has 0 aromatic heterocycles. The van der Waals surface area contributed by atoms with Gasteiger partial charge in [0.05, 0.1) is 35.5 Å². The van der Waals surface area contributed by atoms with Crippen molar-refractivity contribution in [1.82, 2.24) is 4.90 Å². The number of carbonyl (C=O) groups is 3. The Hall–Kier alpha value is -3.34. The van der Waals surface area contributed by atoms with Crippen molar-refractivity contribution in [2.75, 3.05) is 26.9 Å². The maximum atomic E-state index is 14.8. The van der Waals surface area contributed by atoms with E-state index >= 15 is 0 Å². The number of hydrogen-bond donors (Lipinski definition) is 4. The average molecular weight is 630 g/mol. The van der Waals surface area contributed by atoms with E-state index < -0.39 is 107 Å². The van der Waals surface area contributed by atoms with Crippen molar-refractivity contribution in [2.45, 2.75) is 74.9 Å². The van der Waals surface area contributed by atoms with Gasteiger partial charge in [0, 0.05) is 55.6 Å². The number of halogens is 1. The largest absolute Gasteiger partial charge is 0.507 e. The lowest BCUT2D eigenvalue weighted by atomic mass is 9.72. The molecule has 3 heterocycles. The summed E-state index contributed by atoms with van der Waals surface area (Å²) in [6.45, 7) is 1.72. The number of carbonyl (C=O) groups excluding carboxylic acids is 3. The molecule has 0 unspecified atom stereocenters. The van der Waals surface area contributed by atoms with Gasteiger partial charge < -0.3 is 44.1 Å². The van der Waals surface area contributed by atoms with Gasteiger partial charge in [-0.25, -0.2) is 4.39 Å². The first-order valence-corrected chi connectivity index (χ1v) is 14.7. The maximum Gasteiger partial charge on any atom is 0.201 e. The zero-order chi connectivity index (χ0) is 31.9. The molecule has 3 fully saturated rings. The van der Waals surface area contributed by atoms with E-state index in [0.717, 1.165) is 6.07 Å². The normalized spacial score (nSPS) is 34.0. The van der Waals surface area contributed by atoms with Gasteiger partial charge in [-0.1, -0.05) is 12.1 Å². The van der Waals surface area contributed by atoms with Crippen molar-refractivity contribution in [3.8, 4) is 11.5 Å². The van der Waals surface area contributed by atoms with Crippen molar-refractivity contribution in [1.29, 1.82) is 0 Å². The maximum absolute atomic E-state index is 14.8. The highest BCUT2D eigenvalue weighted by Gasteiger charge is 2.55. The summed E-state index contributed by atoms with van der Waals surface area (Å²) >= 11 is 0. The van der Waals surface area contributed by atoms with Crippen molar-refractivity contribution >= 4 is 17.3 Å². The average Bonchev–Trinajstić information content (AvgIpc) is 3.40. The summed E-state index contributed by atoms with van der Waals surface area (Å²) in [5, 5.41) is 44.1. The van der Waals surface area contributed by atoms with Crippen LogP contribution in [0, 0.1) is 5.82 Å². The number of ether oxygens (including phenoxy) is 5. The van der Waals surface area contributed by atoms with E-state index in [9.17, 15) is 39.2 Å². The van der Waals surface area contributed by atoms with Crippen LogP contribution in [-0.2, 0) is 34.9 Å². The third-order valence-corrected chi connectivity index (χ3v) is 9.61. The molecule has 3 saturated heterocycles. The number of aromatic hydroxyl groups is 2. The molecule has 45 heavy (non-hydrogen) atoms. The molecule has 2 aromatic rings.